The molecule has 0 amide bonds. The second kappa shape index (κ2) is 4.67. The van der Waals surface area contributed by atoms with Crippen LogP contribution in [0.5, 0.6) is 0 Å². The Balaban J connectivity index is 2.31. The van der Waals surface area contributed by atoms with E-state index < -0.39 is 6.10 Å². The minimum Gasteiger partial charge on any atom is -0.389 e. The van der Waals surface area contributed by atoms with Crippen molar-refractivity contribution in [3.8, 4) is 0 Å². The first-order valence-corrected chi connectivity index (χ1v) is 5.79. The zero-order chi connectivity index (χ0) is 11.5. The van der Waals surface area contributed by atoms with E-state index >= 15 is 0 Å². The number of aliphatic hydroxyl groups is 1. The average molecular weight is 235 g/mol. The summed E-state index contributed by atoms with van der Waals surface area (Å²) < 4.78 is 1.71. The van der Waals surface area contributed by atoms with Crippen molar-refractivity contribution in [2.75, 3.05) is 0 Å². The molecular weight excluding hydrogens is 222 g/mol. The van der Waals surface area contributed by atoms with E-state index in [0.29, 0.717) is 0 Å². The molecule has 4 nitrogen and oxygen atoms in total. The number of rotatable bonds is 3. The van der Waals surface area contributed by atoms with Crippen molar-refractivity contribution in [1.82, 2.24) is 14.8 Å². The normalized spacial score (nSPS) is 12.7. The fourth-order valence-corrected chi connectivity index (χ4v) is 2.37. The van der Waals surface area contributed by atoms with E-state index in [1.807, 2.05) is 31.3 Å². The standard InChI is InChI=1S/C11H13N3OS/c1-8(15)9-5-3-4-6-10(9)16-11-12-7-13-14(11)2/h3-8,15H,1-2H3/t8-/m0/s1. The summed E-state index contributed by atoms with van der Waals surface area (Å²) in [7, 11) is 1.85. The molecule has 0 unspecified atom stereocenters. The number of aryl methyl sites for hydroxylation is 1. The summed E-state index contributed by atoms with van der Waals surface area (Å²) in [6.45, 7) is 1.76. The third-order valence-electron chi connectivity index (χ3n) is 2.24. The molecule has 1 N–H and O–H groups in total. The van der Waals surface area contributed by atoms with E-state index in [1.54, 1.807) is 11.6 Å². The molecule has 0 fully saturated rings. The van der Waals surface area contributed by atoms with Crippen LogP contribution in [0.25, 0.3) is 0 Å². The minimum atomic E-state index is -0.475. The van der Waals surface area contributed by atoms with Crippen LogP contribution in [0.15, 0.2) is 40.6 Å². The van der Waals surface area contributed by atoms with Crippen LogP contribution in [-0.2, 0) is 7.05 Å². The molecule has 2 aromatic rings. The summed E-state index contributed by atoms with van der Waals surface area (Å²) in [5, 5.41) is 14.5. The summed E-state index contributed by atoms with van der Waals surface area (Å²) in [6, 6.07) is 7.76. The Hall–Kier alpha value is -1.33. The fraction of sp³-hybridized carbons (Fsp3) is 0.273. The van der Waals surface area contributed by atoms with Crippen molar-refractivity contribution in [1.29, 1.82) is 0 Å². The van der Waals surface area contributed by atoms with Gasteiger partial charge < -0.3 is 5.11 Å². The maximum atomic E-state index is 9.65. The van der Waals surface area contributed by atoms with Gasteiger partial charge in [0, 0.05) is 11.9 Å². The highest BCUT2D eigenvalue weighted by Gasteiger charge is 2.10. The van der Waals surface area contributed by atoms with Crippen LogP contribution < -0.4 is 0 Å². The summed E-state index contributed by atoms with van der Waals surface area (Å²) in [5.41, 5.74) is 0.913. The lowest BCUT2D eigenvalue weighted by atomic mass is 10.1. The van der Waals surface area contributed by atoms with E-state index in [-0.39, 0.29) is 0 Å². The first kappa shape index (κ1) is 11.2. The van der Waals surface area contributed by atoms with Crippen molar-refractivity contribution < 1.29 is 5.11 Å². The minimum absolute atomic E-state index is 0.475. The molecule has 1 heterocycles. The summed E-state index contributed by atoms with van der Waals surface area (Å²) in [6.07, 6.45) is 1.05. The molecular formula is C11H13N3OS. The fourth-order valence-electron chi connectivity index (χ4n) is 1.39. The molecule has 0 saturated carbocycles. The quantitative estimate of drug-likeness (QED) is 0.884. The Kier molecular flexibility index (Phi) is 3.26. The number of nitrogens with zero attached hydrogens (tertiary/aromatic N) is 3. The zero-order valence-corrected chi connectivity index (χ0v) is 9.98. The van der Waals surface area contributed by atoms with Gasteiger partial charge in [-0.3, -0.25) is 0 Å². The number of aliphatic hydroxyl groups excluding tert-OH is 1. The van der Waals surface area contributed by atoms with E-state index in [0.717, 1.165) is 15.6 Å². The van der Waals surface area contributed by atoms with E-state index in [9.17, 15) is 5.11 Å². The van der Waals surface area contributed by atoms with Gasteiger partial charge in [-0.2, -0.15) is 5.10 Å². The molecule has 0 radical (unpaired) electrons. The maximum Gasteiger partial charge on any atom is 0.190 e. The number of hydrogen-bond donors (Lipinski definition) is 1. The van der Waals surface area contributed by atoms with Gasteiger partial charge in [-0.1, -0.05) is 18.2 Å². The molecule has 0 saturated heterocycles. The van der Waals surface area contributed by atoms with Crippen LogP contribution in [0.3, 0.4) is 0 Å². The van der Waals surface area contributed by atoms with Crippen molar-refractivity contribution in [2.45, 2.75) is 23.1 Å². The van der Waals surface area contributed by atoms with Crippen LogP contribution in [0.4, 0.5) is 0 Å². The molecule has 1 aromatic heterocycles. The molecule has 0 aliphatic carbocycles. The first-order valence-electron chi connectivity index (χ1n) is 4.97. The smallest absolute Gasteiger partial charge is 0.190 e. The van der Waals surface area contributed by atoms with Gasteiger partial charge in [-0.25, -0.2) is 9.67 Å². The van der Waals surface area contributed by atoms with Crippen molar-refractivity contribution >= 4 is 11.8 Å². The molecule has 16 heavy (non-hydrogen) atoms. The maximum absolute atomic E-state index is 9.65. The van der Waals surface area contributed by atoms with Crippen LogP contribution in [0.1, 0.15) is 18.6 Å². The molecule has 5 heteroatoms. The topological polar surface area (TPSA) is 50.9 Å². The van der Waals surface area contributed by atoms with Gasteiger partial charge in [0.25, 0.3) is 0 Å². The van der Waals surface area contributed by atoms with Crippen LogP contribution in [-0.4, -0.2) is 19.9 Å². The lowest BCUT2D eigenvalue weighted by Crippen LogP contribution is -1.96. The van der Waals surface area contributed by atoms with Gasteiger partial charge >= 0.3 is 0 Å². The molecule has 1 atom stereocenters. The number of aromatic nitrogens is 3. The highest BCUT2D eigenvalue weighted by molar-refractivity contribution is 7.99. The SMILES string of the molecule is C[C@H](O)c1ccccc1Sc1ncnn1C. The first-order chi connectivity index (χ1) is 7.68. The van der Waals surface area contributed by atoms with Gasteiger partial charge in [0.1, 0.15) is 6.33 Å². The van der Waals surface area contributed by atoms with E-state index in [1.165, 1.54) is 18.1 Å². The lowest BCUT2D eigenvalue weighted by molar-refractivity contribution is 0.196. The summed E-state index contributed by atoms with van der Waals surface area (Å²) >= 11 is 1.51. The third kappa shape index (κ3) is 2.25. The van der Waals surface area contributed by atoms with Crippen molar-refractivity contribution in [3.05, 3.63) is 36.2 Å². The van der Waals surface area contributed by atoms with Crippen molar-refractivity contribution in [2.24, 2.45) is 7.05 Å². The van der Waals surface area contributed by atoms with Gasteiger partial charge in [0.2, 0.25) is 0 Å². The lowest BCUT2D eigenvalue weighted by Gasteiger charge is -2.10. The van der Waals surface area contributed by atoms with Gasteiger partial charge in [0.15, 0.2) is 5.16 Å². The van der Waals surface area contributed by atoms with Crippen LogP contribution >= 0.6 is 11.8 Å². The highest BCUT2D eigenvalue weighted by atomic mass is 32.2. The van der Waals surface area contributed by atoms with Gasteiger partial charge in [0.05, 0.1) is 6.10 Å². The second-order valence-electron chi connectivity index (χ2n) is 3.48. The number of benzene rings is 1. The predicted octanol–water partition coefficient (Wildman–Crippen LogP) is 2.02. The largest absolute Gasteiger partial charge is 0.389 e. The Morgan fingerprint density at radius 3 is 2.75 bits per heavy atom. The molecule has 0 spiro atoms. The summed E-state index contributed by atoms with van der Waals surface area (Å²) in [4.78, 5) is 5.15. The predicted molar refractivity (Wildman–Crippen MR) is 62.2 cm³/mol. The van der Waals surface area contributed by atoms with Crippen molar-refractivity contribution in [3.63, 3.8) is 0 Å². The van der Waals surface area contributed by atoms with E-state index in [4.69, 9.17) is 0 Å². The Labute approximate surface area is 98.3 Å². The number of hydrogen-bond acceptors (Lipinski definition) is 4. The Bertz CT molecular complexity index is 482. The monoisotopic (exact) mass is 235 g/mol. The zero-order valence-electron chi connectivity index (χ0n) is 9.16. The highest BCUT2D eigenvalue weighted by Crippen LogP contribution is 2.31. The van der Waals surface area contributed by atoms with E-state index in [2.05, 4.69) is 10.1 Å². The van der Waals surface area contributed by atoms with Gasteiger partial charge in [-0.15, -0.1) is 0 Å². The molecule has 0 aliphatic rings. The molecule has 1 aromatic carbocycles. The molecule has 84 valence electrons. The third-order valence-corrected chi connectivity index (χ3v) is 3.38. The average Bonchev–Trinajstić information content (AvgIpc) is 2.65. The molecule has 0 bridgehead atoms. The van der Waals surface area contributed by atoms with Crippen LogP contribution in [0.2, 0.25) is 0 Å². The summed E-state index contributed by atoms with van der Waals surface area (Å²) in [5.74, 6) is 0. The Morgan fingerprint density at radius 2 is 2.12 bits per heavy atom. The molecule has 2 rings (SSSR count). The molecule has 0 aliphatic heterocycles. The van der Waals surface area contributed by atoms with Gasteiger partial charge in [-0.05, 0) is 30.3 Å². The second-order valence-corrected chi connectivity index (χ2v) is 4.49. The Morgan fingerprint density at radius 1 is 1.38 bits per heavy atom. The van der Waals surface area contributed by atoms with Crippen LogP contribution in [0, 0.1) is 0 Å².